The molecule has 0 atom stereocenters. The van der Waals surface area contributed by atoms with Gasteiger partial charge < -0.3 is 4.57 Å². The Morgan fingerprint density at radius 3 is 1.37 bits per heavy atom. The molecule has 49 heavy (non-hydrogen) atoms. The molecule has 9 aromatic rings. The van der Waals surface area contributed by atoms with Crippen molar-refractivity contribution in [2.75, 3.05) is 0 Å². The van der Waals surface area contributed by atoms with Gasteiger partial charge in [-0.25, -0.2) is 0 Å². The Bertz CT molecular complexity index is 2490. The van der Waals surface area contributed by atoms with E-state index in [9.17, 15) is 0 Å². The first-order valence-corrected chi connectivity index (χ1v) is 16.9. The van der Waals surface area contributed by atoms with Crippen LogP contribution in [0, 0.1) is 0 Å². The molecule has 1 heterocycles. The summed E-state index contributed by atoms with van der Waals surface area (Å²) in [6.07, 6.45) is 0. The van der Waals surface area contributed by atoms with Gasteiger partial charge in [0.15, 0.2) is 0 Å². The minimum atomic E-state index is 1.13. The van der Waals surface area contributed by atoms with E-state index < -0.39 is 0 Å². The van der Waals surface area contributed by atoms with Crippen LogP contribution in [0.2, 0.25) is 0 Å². The summed E-state index contributed by atoms with van der Waals surface area (Å²) in [5, 5.41) is 5.02. The molecule has 1 aromatic heterocycles. The highest BCUT2D eigenvalue weighted by Crippen LogP contribution is 2.44. The van der Waals surface area contributed by atoms with Gasteiger partial charge in [0.2, 0.25) is 0 Å². The van der Waals surface area contributed by atoms with Crippen LogP contribution in [0.3, 0.4) is 0 Å². The lowest BCUT2D eigenvalue weighted by molar-refractivity contribution is 1.10. The van der Waals surface area contributed by atoms with Crippen LogP contribution >= 0.6 is 0 Å². The van der Waals surface area contributed by atoms with Crippen molar-refractivity contribution in [1.29, 1.82) is 0 Å². The molecule has 0 radical (unpaired) electrons. The van der Waals surface area contributed by atoms with Crippen LogP contribution < -0.4 is 0 Å². The fourth-order valence-electron chi connectivity index (χ4n) is 7.39. The topological polar surface area (TPSA) is 4.93 Å². The molecule has 0 fully saturated rings. The molecule has 1 heteroatoms. The normalized spacial score (nSPS) is 11.3. The molecule has 0 saturated carbocycles. The molecule has 0 amide bonds. The molecule has 0 N–H and O–H groups in total. The molecular weight excluding hydrogens is 591 g/mol. The average molecular weight is 624 g/mol. The van der Waals surface area contributed by atoms with Crippen LogP contribution in [-0.2, 0) is 0 Å². The van der Waals surface area contributed by atoms with Gasteiger partial charge in [-0.15, -0.1) is 0 Å². The number of hydrogen-bond donors (Lipinski definition) is 0. The van der Waals surface area contributed by atoms with Crippen LogP contribution in [0.5, 0.6) is 0 Å². The number of rotatable bonds is 6. The third kappa shape index (κ3) is 5.13. The van der Waals surface area contributed by atoms with Crippen molar-refractivity contribution < 1.29 is 0 Å². The van der Waals surface area contributed by atoms with Crippen LogP contribution in [0.1, 0.15) is 0 Å². The second-order valence-electron chi connectivity index (χ2n) is 12.5. The van der Waals surface area contributed by atoms with Crippen molar-refractivity contribution in [2.45, 2.75) is 0 Å². The van der Waals surface area contributed by atoms with Crippen molar-refractivity contribution >= 4 is 21.5 Å². The summed E-state index contributed by atoms with van der Waals surface area (Å²) in [4.78, 5) is 0. The second-order valence-corrected chi connectivity index (χ2v) is 12.5. The number of hydrogen-bond acceptors (Lipinski definition) is 0. The fourth-order valence-corrected chi connectivity index (χ4v) is 7.39. The van der Waals surface area contributed by atoms with Gasteiger partial charge in [-0.2, -0.15) is 0 Å². The van der Waals surface area contributed by atoms with E-state index in [1.54, 1.807) is 0 Å². The Morgan fingerprint density at radius 2 is 0.796 bits per heavy atom. The smallest absolute Gasteiger partial charge is 0.0535 e. The summed E-state index contributed by atoms with van der Waals surface area (Å²) in [6.45, 7) is 0. The van der Waals surface area contributed by atoms with E-state index in [1.807, 2.05) is 0 Å². The molecule has 1 nitrogen and oxygen atoms in total. The standard InChI is InChI=1S/C48H33N/c1-5-15-34(16-6-1)41-24-14-26-43-44(41)33-39-23-13-25-42(35-17-7-2-8-18-35)48(39)47(43)38-27-29-40(30-28-38)49-45(36-19-9-3-10-20-36)31-32-46(49)37-21-11-4-12-22-37/h1-33H. The lowest BCUT2D eigenvalue weighted by Crippen LogP contribution is -1.99. The van der Waals surface area contributed by atoms with Crippen LogP contribution in [0.4, 0.5) is 0 Å². The van der Waals surface area contributed by atoms with E-state index in [0.29, 0.717) is 0 Å². The molecule has 0 aliphatic heterocycles. The first kappa shape index (κ1) is 28.8. The number of benzene rings is 8. The van der Waals surface area contributed by atoms with E-state index in [-0.39, 0.29) is 0 Å². The van der Waals surface area contributed by atoms with Gasteiger partial charge in [-0.05, 0) is 96.4 Å². The predicted octanol–water partition coefficient (Wildman–Crippen LogP) is 13.1. The van der Waals surface area contributed by atoms with Crippen molar-refractivity contribution in [3.63, 3.8) is 0 Å². The summed E-state index contributed by atoms with van der Waals surface area (Å²) >= 11 is 0. The molecule has 0 aliphatic rings. The molecule has 0 spiro atoms. The van der Waals surface area contributed by atoms with E-state index in [0.717, 1.165) is 5.69 Å². The molecule has 8 aromatic carbocycles. The fraction of sp³-hybridized carbons (Fsp3) is 0. The third-order valence-corrected chi connectivity index (χ3v) is 9.63. The maximum Gasteiger partial charge on any atom is 0.0535 e. The minimum absolute atomic E-state index is 1.13. The zero-order chi connectivity index (χ0) is 32.6. The van der Waals surface area contributed by atoms with Gasteiger partial charge in [0, 0.05) is 5.69 Å². The molecule has 0 aliphatic carbocycles. The Morgan fingerprint density at radius 1 is 0.306 bits per heavy atom. The summed E-state index contributed by atoms with van der Waals surface area (Å²) < 4.78 is 2.39. The van der Waals surface area contributed by atoms with Gasteiger partial charge >= 0.3 is 0 Å². The van der Waals surface area contributed by atoms with E-state index >= 15 is 0 Å². The SMILES string of the molecule is c1ccc(-c2cccc3c(-c4ccc(-n5c(-c6ccccc6)ccc5-c5ccccc5)cc4)c4c(-c5ccccc5)cccc4cc23)cc1. The van der Waals surface area contributed by atoms with Gasteiger partial charge in [-0.1, -0.05) is 170 Å². The zero-order valence-electron chi connectivity index (χ0n) is 27.0. The van der Waals surface area contributed by atoms with Gasteiger partial charge in [-0.3, -0.25) is 0 Å². The van der Waals surface area contributed by atoms with Crippen LogP contribution in [-0.4, -0.2) is 4.57 Å². The Kier molecular flexibility index (Phi) is 7.22. The first-order chi connectivity index (χ1) is 24.3. The highest BCUT2D eigenvalue weighted by Gasteiger charge is 2.18. The molecule has 0 unspecified atom stereocenters. The highest BCUT2D eigenvalue weighted by molar-refractivity contribution is 6.19. The van der Waals surface area contributed by atoms with Crippen molar-refractivity contribution in [2.24, 2.45) is 0 Å². The highest BCUT2D eigenvalue weighted by atomic mass is 15.0. The first-order valence-electron chi connectivity index (χ1n) is 16.9. The Balaban J connectivity index is 1.30. The number of fused-ring (bicyclic) bond motifs is 2. The van der Waals surface area contributed by atoms with Crippen molar-refractivity contribution in [3.8, 4) is 61.6 Å². The van der Waals surface area contributed by atoms with Crippen LogP contribution in [0.25, 0.3) is 83.1 Å². The summed E-state index contributed by atoms with van der Waals surface area (Å²) in [5.41, 5.74) is 13.2. The third-order valence-electron chi connectivity index (χ3n) is 9.63. The van der Waals surface area contributed by atoms with Gasteiger partial charge in [0.1, 0.15) is 0 Å². The van der Waals surface area contributed by atoms with E-state index in [2.05, 4.69) is 205 Å². The van der Waals surface area contributed by atoms with Gasteiger partial charge in [0.05, 0.1) is 11.4 Å². The number of aromatic nitrogens is 1. The lowest BCUT2D eigenvalue weighted by Gasteiger charge is -2.19. The zero-order valence-corrected chi connectivity index (χ0v) is 27.0. The summed E-state index contributed by atoms with van der Waals surface area (Å²) in [5.74, 6) is 0. The molecule has 0 bridgehead atoms. The van der Waals surface area contributed by atoms with Gasteiger partial charge in [0.25, 0.3) is 0 Å². The van der Waals surface area contributed by atoms with E-state index in [4.69, 9.17) is 0 Å². The minimum Gasteiger partial charge on any atom is -0.309 e. The summed E-state index contributed by atoms with van der Waals surface area (Å²) in [7, 11) is 0. The predicted molar refractivity (Wildman–Crippen MR) is 208 cm³/mol. The molecule has 9 rings (SSSR count). The second kappa shape index (κ2) is 12.3. The Labute approximate surface area is 287 Å². The van der Waals surface area contributed by atoms with E-state index in [1.165, 1.54) is 77.4 Å². The molecule has 230 valence electrons. The average Bonchev–Trinajstić information content (AvgIpc) is 3.63. The maximum absolute atomic E-state index is 2.39. The largest absolute Gasteiger partial charge is 0.309 e. The van der Waals surface area contributed by atoms with Crippen molar-refractivity contribution in [1.82, 2.24) is 4.57 Å². The molecular formula is C48H33N. The lowest BCUT2D eigenvalue weighted by atomic mass is 9.85. The quantitative estimate of drug-likeness (QED) is 0.162. The Hall–Kier alpha value is -6.44. The van der Waals surface area contributed by atoms with Crippen LogP contribution in [0.15, 0.2) is 200 Å². The monoisotopic (exact) mass is 623 g/mol. The number of nitrogens with zero attached hydrogens (tertiary/aromatic N) is 1. The van der Waals surface area contributed by atoms with Crippen molar-refractivity contribution in [3.05, 3.63) is 200 Å². The summed E-state index contributed by atoms with van der Waals surface area (Å²) in [6, 6.07) is 72.4. The molecule has 0 saturated heterocycles. The maximum atomic E-state index is 2.39.